The molecule has 2 rings (SSSR count). The van der Waals surface area contributed by atoms with Gasteiger partial charge in [-0.05, 0) is 12.8 Å². The van der Waals surface area contributed by atoms with E-state index in [9.17, 15) is 0 Å². The van der Waals surface area contributed by atoms with E-state index in [0.29, 0.717) is 0 Å². The van der Waals surface area contributed by atoms with Crippen molar-refractivity contribution in [3.05, 3.63) is 11.9 Å². The largest absolute Gasteiger partial charge is 0.396 e. The number of nitrogens with two attached hydrogens (primary N) is 1. The smallest absolute Gasteiger partial charge is 0.0748 e. The molecule has 0 unspecified atom stereocenters. The number of nitrogen functional groups attached to an aromatic ring is 1. The number of hydrogen-bond donors (Lipinski definition) is 2. The fourth-order valence-corrected chi connectivity index (χ4v) is 1.22. The molecule has 1 aromatic rings. The fourth-order valence-electron chi connectivity index (χ4n) is 1.22. The van der Waals surface area contributed by atoms with Crippen molar-refractivity contribution in [2.24, 2.45) is 7.05 Å². The number of nitrogens with zero attached hydrogens (tertiary/aromatic N) is 2. The summed E-state index contributed by atoms with van der Waals surface area (Å²) in [5.41, 5.74) is 7.59. The molecule has 0 aromatic carbocycles. The van der Waals surface area contributed by atoms with Crippen LogP contribution in [0.1, 0.15) is 18.5 Å². The average Bonchev–Trinajstić information content (AvgIpc) is 2.80. The Bertz CT molecular complexity index is 255. The summed E-state index contributed by atoms with van der Waals surface area (Å²) in [6, 6.07) is 0.722. The van der Waals surface area contributed by atoms with Gasteiger partial charge in [-0.3, -0.25) is 4.68 Å². The van der Waals surface area contributed by atoms with Crippen LogP contribution in [0.3, 0.4) is 0 Å². The van der Waals surface area contributed by atoms with E-state index in [-0.39, 0.29) is 0 Å². The Morgan fingerprint density at radius 3 is 3.00 bits per heavy atom. The zero-order valence-corrected chi connectivity index (χ0v) is 7.25. The first-order valence-electron chi connectivity index (χ1n) is 4.27. The lowest BCUT2D eigenvalue weighted by Gasteiger charge is -2.03. The van der Waals surface area contributed by atoms with E-state index < -0.39 is 0 Å². The molecule has 4 nitrogen and oxygen atoms in total. The Hall–Kier alpha value is -1.03. The van der Waals surface area contributed by atoms with Gasteiger partial charge in [0.15, 0.2) is 0 Å². The van der Waals surface area contributed by atoms with Gasteiger partial charge in [-0.2, -0.15) is 5.10 Å². The van der Waals surface area contributed by atoms with Crippen molar-refractivity contribution in [2.45, 2.75) is 25.4 Å². The summed E-state index contributed by atoms with van der Waals surface area (Å²) in [5, 5.41) is 7.47. The van der Waals surface area contributed by atoms with Gasteiger partial charge < -0.3 is 11.1 Å². The maximum atomic E-state index is 5.72. The maximum Gasteiger partial charge on any atom is 0.0748 e. The first kappa shape index (κ1) is 7.61. The fraction of sp³-hybridized carbons (Fsp3) is 0.625. The molecule has 4 heteroatoms. The van der Waals surface area contributed by atoms with Gasteiger partial charge in [0.2, 0.25) is 0 Å². The molecule has 0 saturated heterocycles. The van der Waals surface area contributed by atoms with Crippen LogP contribution < -0.4 is 11.1 Å². The van der Waals surface area contributed by atoms with Gasteiger partial charge in [0.25, 0.3) is 0 Å². The molecule has 0 atom stereocenters. The van der Waals surface area contributed by atoms with E-state index in [2.05, 4.69) is 10.4 Å². The van der Waals surface area contributed by atoms with Crippen LogP contribution in [0.4, 0.5) is 5.69 Å². The summed E-state index contributed by atoms with van der Waals surface area (Å²) in [5.74, 6) is 0. The minimum atomic E-state index is 0.722. The van der Waals surface area contributed by atoms with Crippen LogP contribution in [-0.2, 0) is 13.6 Å². The van der Waals surface area contributed by atoms with Crippen LogP contribution in [0.5, 0.6) is 0 Å². The van der Waals surface area contributed by atoms with Crippen molar-refractivity contribution in [3.8, 4) is 0 Å². The Balaban J connectivity index is 1.99. The summed E-state index contributed by atoms with van der Waals surface area (Å²) < 4.78 is 1.82. The zero-order chi connectivity index (χ0) is 8.55. The molecule has 0 bridgehead atoms. The molecule has 3 N–H and O–H groups in total. The third-order valence-electron chi connectivity index (χ3n) is 2.23. The predicted molar refractivity (Wildman–Crippen MR) is 47.5 cm³/mol. The van der Waals surface area contributed by atoms with Crippen molar-refractivity contribution < 1.29 is 0 Å². The monoisotopic (exact) mass is 166 g/mol. The minimum Gasteiger partial charge on any atom is -0.396 e. The second kappa shape index (κ2) is 2.79. The topological polar surface area (TPSA) is 55.9 Å². The molecule has 0 aliphatic heterocycles. The van der Waals surface area contributed by atoms with Crippen LogP contribution in [0, 0.1) is 0 Å². The van der Waals surface area contributed by atoms with Crippen molar-refractivity contribution >= 4 is 5.69 Å². The molecular formula is C8H14N4. The molecule has 0 radical (unpaired) electrons. The van der Waals surface area contributed by atoms with E-state index in [4.69, 9.17) is 5.73 Å². The molecular weight excluding hydrogens is 152 g/mol. The molecule has 12 heavy (non-hydrogen) atoms. The summed E-state index contributed by atoms with van der Waals surface area (Å²) in [6.07, 6.45) is 4.30. The zero-order valence-electron chi connectivity index (χ0n) is 7.25. The van der Waals surface area contributed by atoms with Gasteiger partial charge in [0, 0.05) is 19.6 Å². The van der Waals surface area contributed by atoms with Crippen molar-refractivity contribution in [1.82, 2.24) is 15.1 Å². The molecule has 1 aliphatic rings. The number of anilines is 1. The summed E-state index contributed by atoms with van der Waals surface area (Å²) in [4.78, 5) is 0. The van der Waals surface area contributed by atoms with Gasteiger partial charge in [0.05, 0.1) is 17.6 Å². The molecule has 1 aliphatic carbocycles. The molecule has 66 valence electrons. The standard InChI is InChI=1S/C8H14N4/c1-12-8(7(9)4-11-12)5-10-6-2-3-6/h4,6,10H,2-3,5,9H2,1H3. The number of nitrogens with one attached hydrogen (secondary N) is 1. The predicted octanol–water partition coefficient (Wildman–Crippen LogP) is 0.254. The molecule has 0 amide bonds. The first-order valence-corrected chi connectivity index (χ1v) is 4.27. The quantitative estimate of drug-likeness (QED) is 0.677. The Kier molecular flexibility index (Phi) is 1.77. The van der Waals surface area contributed by atoms with Crippen LogP contribution in [0.2, 0.25) is 0 Å². The summed E-state index contributed by atoms with van der Waals surface area (Å²) in [6.45, 7) is 0.840. The lowest BCUT2D eigenvalue weighted by molar-refractivity contribution is 0.624. The third kappa shape index (κ3) is 1.43. The highest BCUT2D eigenvalue weighted by Crippen LogP contribution is 2.20. The molecule has 1 saturated carbocycles. The van der Waals surface area contributed by atoms with E-state index >= 15 is 0 Å². The van der Waals surface area contributed by atoms with Crippen LogP contribution in [0.25, 0.3) is 0 Å². The highest BCUT2D eigenvalue weighted by atomic mass is 15.3. The van der Waals surface area contributed by atoms with E-state index in [1.54, 1.807) is 6.20 Å². The minimum absolute atomic E-state index is 0.722. The number of aromatic nitrogens is 2. The van der Waals surface area contributed by atoms with Gasteiger partial charge >= 0.3 is 0 Å². The van der Waals surface area contributed by atoms with Gasteiger partial charge in [-0.15, -0.1) is 0 Å². The van der Waals surface area contributed by atoms with Crippen LogP contribution >= 0.6 is 0 Å². The summed E-state index contributed by atoms with van der Waals surface area (Å²) in [7, 11) is 1.92. The Morgan fingerprint density at radius 1 is 1.75 bits per heavy atom. The second-order valence-electron chi connectivity index (χ2n) is 3.33. The van der Waals surface area contributed by atoms with Crippen molar-refractivity contribution in [1.29, 1.82) is 0 Å². The molecule has 1 heterocycles. The van der Waals surface area contributed by atoms with E-state index in [1.807, 2.05) is 11.7 Å². The highest BCUT2D eigenvalue weighted by molar-refractivity contribution is 5.40. The van der Waals surface area contributed by atoms with Crippen molar-refractivity contribution in [2.75, 3.05) is 5.73 Å². The Labute approximate surface area is 71.7 Å². The van der Waals surface area contributed by atoms with Crippen molar-refractivity contribution in [3.63, 3.8) is 0 Å². The highest BCUT2D eigenvalue weighted by Gasteiger charge is 2.20. The number of hydrogen-bond acceptors (Lipinski definition) is 3. The maximum absolute atomic E-state index is 5.72. The van der Waals surface area contributed by atoms with E-state index in [0.717, 1.165) is 24.0 Å². The Morgan fingerprint density at radius 2 is 2.50 bits per heavy atom. The third-order valence-corrected chi connectivity index (χ3v) is 2.23. The summed E-state index contributed by atoms with van der Waals surface area (Å²) >= 11 is 0. The lowest BCUT2D eigenvalue weighted by atomic mass is 10.3. The number of rotatable bonds is 3. The second-order valence-corrected chi connectivity index (χ2v) is 3.33. The molecule has 0 spiro atoms. The average molecular weight is 166 g/mol. The van der Waals surface area contributed by atoms with Gasteiger partial charge in [0.1, 0.15) is 0 Å². The van der Waals surface area contributed by atoms with Crippen LogP contribution in [0.15, 0.2) is 6.20 Å². The van der Waals surface area contributed by atoms with Gasteiger partial charge in [-0.25, -0.2) is 0 Å². The molecule has 1 fully saturated rings. The SMILES string of the molecule is Cn1ncc(N)c1CNC1CC1. The first-order chi connectivity index (χ1) is 5.77. The van der Waals surface area contributed by atoms with Gasteiger partial charge in [-0.1, -0.05) is 0 Å². The van der Waals surface area contributed by atoms with E-state index in [1.165, 1.54) is 12.8 Å². The normalized spacial score (nSPS) is 16.8. The van der Waals surface area contributed by atoms with Crippen LogP contribution in [-0.4, -0.2) is 15.8 Å². The lowest BCUT2D eigenvalue weighted by Crippen LogP contribution is -2.18. The number of aryl methyl sites for hydroxylation is 1. The molecule has 1 aromatic heterocycles.